The molecule has 1 atom stereocenters. The van der Waals surface area contributed by atoms with Crippen LogP contribution in [0.4, 0.5) is 0 Å². The van der Waals surface area contributed by atoms with Crippen LogP contribution in [0.2, 0.25) is 0 Å². The van der Waals surface area contributed by atoms with Crippen LogP contribution in [0.25, 0.3) is 0 Å². The van der Waals surface area contributed by atoms with Gasteiger partial charge in [0.2, 0.25) is 0 Å². The molecule has 172 valence electrons. The van der Waals surface area contributed by atoms with Crippen LogP contribution >= 0.6 is 31.9 Å². The number of halogens is 2. The van der Waals surface area contributed by atoms with Gasteiger partial charge in [0.1, 0.15) is 5.75 Å². The lowest BCUT2D eigenvalue weighted by Crippen LogP contribution is -2.17. The average molecular weight is 570 g/mol. The number of carbonyl (C=O) groups excluding carboxylic acids is 2. The molecule has 2 aromatic rings. The third-order valence-electron chi connectivity index (χ3n) is 5.37. The molecular weight excluding hydrogens is 544 g/mol. The number of aliphatic hydroxyl groups excluding tert-OH is 1. The van der Waals surface area contributed by atoms with Crippen LogP contribution < -0.4 is 4.74 Å². The molecule has 2 aromatic carbocycles. The van der Waals surface area contributed by atoms with Crippen LogP contribution in [-0.4, -0.2) is 23.7 Å². The van der Waals surface area contributed by atoms with Crippen LogP contribution in [0.5, 0.6) is 5.75 Å². The summed E-state index contributed by atoms with van der Waals surface area (Å²) in [4.78, 5) is 35.5. The van der Waals surface area contributed by atoms with Crippen molar-refractivity contribution in [2.45, 2.75) is 58.5 Å². The van der Waals surface area contributed by atoms with Gasteiger partial charge in [-0.05, 0) is 76.0 Å². The first kappa shape index (κ1) is 24.7. The summed E-state index contributed by atoms with van der Waals surface area (Å²) in [6, 6.07) is 6.59. The van der Waals surface area contributed by atoms with E-state index in [0.29, 0.717) is 40.8 Å². The van der Waals surface area contributed by atoms with Crippen molar-refractivity contribution in [3.05, 3.63) is 61.0 Å². The van der Waals surface area contributed by atoms with Gasteiger partial charge in [0, 0.05) is 10.0 Å². The largest absolute Gasteiger partial charge is 0.492 e. The molecule has 1 unspecified atom stereocenters. The Morgan fingerprint density at radius 1 is 0.938 bits per heavy atom. The first-order valence-electron chi connectivity index (χ1n) is 10.5. The summed E-state index contributed by atoms with van der Waals surface area (Å²) in [7, 11) is 0. The van der Waals surface area contributed by atoms with Crippen molar-refractivity contribution in [3.63, 3.8) is 0 Å². The highest BCUT2D eigenvalue weighted by Gasteiger charge is 2.29. The van der Waals surface area contributed by atoms with Gasteiger partial charge in [0.15, 0.2) is 0 Å². The summed E-state index contributed by atoms with van der Waals surface area (Å²) < 4.78 is 7.24. The van der Waals surface area contributed by atoms with Crippen molar-refractivity contribution < 1.29 is 29.2 Å². The molecule has 8 heteroatoms. The lowest BCUT2D eigenvalue weighted by atomic mass is 9.87. The number of hydrogen-bond acceptors (Lipinski definition) is 6. The molecule has 0 saturated carbocycles. The highest BCUT2D eigenvalue weighted by molar-refractivity contribution is 9.10. The van der Waals surface area contributed by atoms with Crippen LogP contribution in [-0.2, 0) is 9.78 Å². The van der Waals surface area contributed by atoms with Gasteiger partial charge < -0.3 is 9.84 Å². The van der Waals surface area contributed by atoms with Crippen molar-refractivity contribution in [2.24, 2.45) is 0 Å². The Morgan fingerprint density at radius 3 is 2.12 bits per heavy atom. The Kier molecular flexibility index (Phi) is 8.01. The molecule has 1 aliphatic heterocycles. The van der Waals surface area contributed by atoms with Crippen molar-refractivity contribution in [2.75, 3.05) is 6.61 Å². The van der Waals surface area contributed by atoms with Crippen LogP contribution in [0.3, 0.4) is 0 Å². The normalized spacial score (nSPS) is 15.7. The summed E-state index contributed by atoms with van der Waals surface area (Å²) >= 11 is 6.96. The van der Waals surface area contributed by atoms with Crippen molar-refractivity contribution in [1.82, 2.24) is 0 Å². The number of fused-ring (bicyclic) bond motifs is 1. The maximum absolute atomic E-state index is 12.9. The van der Waals surface area contributed by atoms with Crippen LogP contribution in [0.15, 0.2) is 33.2 Å². The number of ether oxygens (including phenoxy) is 1. The molecule has 32 heavy (non-hydrogen) atoms. The molecule has 0 saturated heterocycles. The van der Waals surface area contributed by atoms with Crippen LogP contribution in [0.1, 0.15) is 95.9 Å². The minimum Gasteiger partial charge on any atom is -0.492 e. The molecule has 0 fully saturated rings. The predicted octanol–water partition coefficient (Wildman–Crippen LogP) is 6.59. The zero-order valence-corrected chi connectivity index (χ0v) is 21.6. The highest BCUT2D eigenvalue weighted by Crippen LogP contribution is 2.40. The SMILES string of the molecule is CC(C)c1c(Br)ccc(C(=O)OOC(=O)c2ccc(Br)c3c2C(O)CCCO3)c1C(C)C. The van der Waals surface area contributed by atoms with Crippen molar-refractivity contribution in [1.29, 1.82) is 0 Å². The molecule has 6 nitrogen and oxygen atoms in total. The monoisotopic (exact) mass is 568 g/mol. The van der Waals surface area contributed by atoms with E-state index in [4.69, 9.17) is 14.5 Å². The second kappa shape index (κ2) is 10.4. The third kappa shape index (κ3) is 5.02. The van der Waals surface area contributed by atoms with Gasteiger partial charge in [-0.3, -0.25) is 0 Å². The van der Waals surface area contributed by atoms with Gasteiger partial charge in [0.05, 0.1) is 28.3 Å². The molecular formula is C24H26Br2O6. The van der Waals surface area contributed by atoms with Gasteiger partial charge in [-0.25, -0.2) is 19.4 Å². The second-order valence-corrected chi connectivity index (χ2v) is 10.0. The molecule has 0 aliphatic carbocycles. The lowest BCUT2D eigenvalue weighted by molar-refractivity contribution is -0.187. The number of rotatable bonds is 4. The fourth-order valence-electron chi connectivity index (χ4n) is 3.99. The van der Waals surface area contributed by atoms with E-state index in [1.807, 2.05) is 27.7 Å². The quantitative estimate of drug-likeness (QED) is 0.330. The number of aliphatic hydroxyl groups is 1. The van der Waals surface area contributed by atoms with E-state index in [9.17, 15) is 14.7 Å². The molecule has 0 amide bonds. The third-order valence-corrected chi connectivity index (χ3v) is 6.69. The molecule has 3 rings (SSSR count). The van der Waals surface area contributed by atoms with Crippen molar-refractivity contribution in [3.8, 4) is 5.75 Å². The van der Waals surface area contributed by atoms with E-state index in [-0.39, 0.29) is 17.4 Å². The maximum atomic E-state index is 12.9. The minimum atomic E-state index is -0.893. The lowest BCUT2D eigenvalue weighted by Gasteiger charge is -2.21. The first-order valence-corrected chi connectivity index (χ1v) is 12.1. The molecule has 1 aliphatic rings. The van der Waals surface area contributed by atoms with E-state index in [1.165, 1.54) is 6.07 Å². The predicted molar refractivity (Wildman–Crippen MR) is 127 cm³/mol. The van der Waals surface area contributed by atoms with Gasteiger partial charge in [0.25, 0.3) is 0 Å². The van der Waals surface area contributed by atoms with Crippen LogP contribution in [0, 0.1) is 0 Å². The topological polar surface area (TPSA) is 82.1 Å². The van der Waals surface area contributed by atoms with E-state index in [2.05, 4.69) is 31.9 Å². The van der Waals surface area contributed by atoms with Crippen molar-refractivity contribution >= 4 is 43.8 Å². The highest BCUT2D eigenvalue weighted by atomic mass is 79.9. The molecule has 1 N–H and O–H groups in total. The van der Waals surface area contributed by atoms with E-state index < -0.39 is 18.0 Å². The zero-order valence-electron chi connectivity index (χ0n) is 18.4. The van der Waals surface area contributed by atoms with E-state index >= 15 is 0 Å². The summed E-state index contributed by atoms with van der Waals surface area (Å²) in [6.07, 6.45) is 0.194. The van der Waals surface area contributed by atoms with E-state index in [1.54, 1.807) is 18.2 Å². The van der Waals surface area contributed by atoms with Gasteiger partial charge in [-0.2, -0.15) is 0 Å². The number of hydrogen-bond donors (Lipinski definition) is 1. The Balaban J connectivity index is 1.87. The smallest absolute Gasteiger partial charge is 0.386 e. The molecule has 1 heterocycles. The summed E-state index contributed by atoms with van der Waals surface area (Å²) in [5, 5.41) is 10.5. The fraction of sp³-hybridized carbons (Fsp3) is 0.417. The van der Waals surface area contributed by atoms with Gasteiger partial charge >= 0.3 is 11.9 Å². The van der Waals surface area contributed by atoms with Gasteiger partial charge in [-0.15, -0.1) is 0 Å². The fourth-order valence-corrected chi connectivity index (χ4v) is 5.25. The second-order valence-electron chi connectivity index (χ2n) is 8.32. The Bertz CT molecular complexity index is 1030. The average Bonchev–Trinajstić information content (AvgIpc) is 2.94. The summed E-state index contributed by atoms with van der Waals surface area (Å²) in [6.45, 7) is 8.52. The minimum absolute atomic E-state index is 0.0534. The standard InChI is InChI=1S/C24H26Br2O6/c1-12(2)19-14(7-9-16(25)20(19)13(3)4)23(28)31-32-24(29)15-8-10-17(26)22-21(15)18(27)6-5-11-30-22/h7-10,12-13,18,27H,5-6,11H2,1-4H3. The molecule has 0 radical (unpaired) electrons. The molecule has 0 spiro atoms. The Hall–Kier alpha value is -1.90. The first-order chi connectivity index (χ1) is 15.1. The number of benzene rings is 2. The zero-order chi connectivity index (χ0) is 23.6. The molecule has 0 bridgehead atoms. The summed E-state index contributed by atoms with van der Waals surface area (Å²) in [5.41, 5.74) is 2.62. The van der Waals surface area contributed by atoms with E-state index in [0.717, 1.165) is 15.6 Å². The Morgan fingerprint density at radius 2 is 1.50 bits per heavy atom. The van der Waals surface area contributed by atoms with Gasteiger partial charge in [-0.1, -0.05) is 43.6 Å². The Labute approximate surface area is 204 Å². The summed E-state index contributed by atoms with van der Waals surface area (Å²) in [5.74, 6) is -1.00. The molecule has 0 aromatic heterocycles. The maximum Gasteiger partial charge on any atom is 0.386 e. The number of carbonyl (C=O) groups is 2.